The van der Waals surface area contributed by atoms with Crippen molar-refractivity contribution in [2.75, 3.05) is 17.7 Å². The van der Waals surface area contributed by atoms with Gasteiger partial charge in [0.15, 0.2) is 5.69 Å². The van der Waals surface area contributed by atoms with Gasteiger partial charge in [-0.05, 0) is 62.8 Å². The number of amides is 3. The second-order valence-corrected chi connectivity index (χ2v) is 11.4. The molecule has 2 aromatic carbocycles. The quantitative estimate of drug-likeness (QED) is 0.269. The SMILES string of the molecule is COC(=O)[C@@H](NC(=O)c1nc(-c2ccc(Cl)cc2)sc1NC(=O)Nc1c(C)cc(C)cc1C)C1CCCCC1. The molecule has 1 aromatic heterocycles. The summed E-state index contributed by atoms with van der Waals surface area (Å²) < 4.78 is 5.02. The topological polar surface area (TPSA) is 109 Å². The van der Waals surface area contributed by atoms with Crippen LogP contribution in [0.4, 0.5) is 15.5 Å². The average Bonchev–Trinajstić information content (AvgIpc) is 3.33. The lowest BCUT2D eigenvalue weighted by Gasteiger charge is -2.28. The fourth-order valence-electron chi connectivity index (χ4n) is 5.07. The molecule has 1 fully saturated rings. The summed E-state index contributed by atoms with van der Waals surface area (Å²) in [4.78, 5) is 43.9. The number of carbonyl (C=O) groups is 3. The number of ether oxygens (including phenoxy) is 1. The van der Waals surface area contributed by atoms with Gasteiger partial charge in [-0.25, -0.2) is 14.6 Å². The third kappa shape index (κ3) is 6.96. The Morgan fingerprint density at radius 3 is 2.26 bits per heavy atom. The van der Waals surface area contributed by atoms with Crippen LogP contribution in [0.25, 0.3) is 10.6 Å². The van der Waals surface area contributed by atoms with Gasteiger partial charge in [-0.1, -0.05) is 72.0 Å². The van der Waals surface area contributed by atoms with E-state index < -0.39 is 23.9 Å². The first kappa shape index (κ1) is 28.6. The first-order chi connectivity index (χ1) is 18.7. The highest BCUT2D eigenvalue weighted by Crippen LogP contribution is 2.34. The summed E-state index contributed by atoms with van der Waals surface area (Å²) in [5, 5.41) is 9.94. The molecule has 39 heavy (non-hydrogen) atoms. The molecule has 0 spiro atoms. The molecule has 0 unspecified atom stereocenters. The lowest BCUT2D eigenvalue weighted by atomic mass is 9.84. The van der Waals surface area contributed by atoms with E-state index in [4.69, 9.17) is 16.3 Å². The van der Waals surface area contributed by atoms with Crippen LogP contribution < -0.4 is 16.0 Å². The number of hydrogen-bond acceptors (Lipinski definition) is 6. The maximum Gasteiger partial charge on any atom is 0.328 e. The van der Waals surface area contributed by atoms with Gasteiger partial charge in [0.1, 0.15) is 16.1 Å². The number of hydrogen-bond donors (Lipinski definition) is 3. The molecule has 1 heterocycles. The standard InChI is InChI=1S/C29H33ClN4O4S/c1-16-14-17(2)22(18(3)15-16)33-29(37)34-27-24(32-26(39-27)20-10-12-21(30)13-11-20)25(35)31-23(28(36)38-4)19-8-6-5-7-9-19/h10-15,19,23H,5-9H2,1-4H3,(H,31,35)(H2,33,34,37)/t23-/m0/s1. The van der Waals surface area contributed by atoms with E-state index in [9.17, 15) is 14.4 Å². The van der Waals surface area contributed by atoms with Crippen LogP contribution in [-0.4, -0.2) is 36.0 Å². The Kier molecular flexibility index (Phi) is 9.24. The Bertz CT molecular complexity index is 1340. The van der Waals surface area contributed by atoms with E-state index in [0.29, 0.717) is 15.7 Å². The molecule has 1 aliphatic carbocycles. The molecule has 8 nitrogen and oxygen atoms in total. The van der Waals surface area contributed by atoms with Crippen LogP contribution >= 0.6 is 22.9 Å². The average molecular weight is 569 g/mol. The van der Waals surface area contributed by atoms with Gasteiger partial charge in [-0.3, -0.25) is 10.1 Å². The number of nitrogens with one attached hydrogen (secondary N) is 3. The zero-order valence-electron chi connectivity index (χ0n) is 22.5. The van der Waals surface area contributed by atoms with Crippen LogP contribution in [0.5, 0.6) is 0 Å². The summed E-state index contributed by atoms with van der Waals surface area (Å²) in [6, 6.07) is 9.76. The molecule has 0 radical (unpaired) electrons. The number of benzene rings is 2. The van der Waals surface area contributed by atoms with Gasteiger partial charge in [0.25, 0.3) is 5.91 Å². The number of aryl methyl sites for hydroxylation is 3. The van der Waals surface area contributed by atoms with Crippen molar-refractivity contribution >= 4 is 51.5 Å². The van der Waals surface area contributed by atoms with Crippen molar-refractivity contribution in [1.82, 2.24) is 10.3 Å². The second-order valence-electron chi connectivity index (χ2n) is 9.93. The molecule has 0 bridgehead atoms. The third-order valence-electron chi connectivity index (χ3n) is 6.94. The van der Waals surface area contributed by atoms with Crippen LogP contribution in [0, 0.1) is 26.7 Å². The minimum atomic E-state index is -0.789. The van der Waals surface area contributed by atoms with Crippen molar-refractivity contribution in [2.45, 2.75) is 58.9 Å². The van der Waals surface area contributed by atoms with E-state index in [1.165, 1.54) is 18.4 Å². The monoisotopic (exact) mass is 568 g/mol. The van der Waals surface area contributed by atoms with E-state index in [-0.39, 0.29) is 16.6 Å². The lowest BCUT2D eigenvalue weighted by Crippen LogP contribution is -2.47. The summed E-state index contributed by atoms with van der Waals surface area (Å²) in [5.41, 5.74) is 4.44. The van der Waals surface area contributed by atoms with Gasteiger partial charge in [-0.15, -0.1) is 0 Å². The van der Waals surface area contributed by atoms with Crippen LogP contribution in [0.3, 0.4) is 0 Å². The van der Waals surface area contributed by atoms with Gasteiger partial charge in [0.2, 0.25) is 0 Å². The van der Waals surface area contributed by atoms with Gasteiger partial charge in [0.05, 0.1) is 7.11 Å². The van der Waals surface area contributed by atoms with Crippen molar-refractivity contribution < 1.29 is 19.1 Å². The molecule has 1 atom stereocenters. The van der Waals surface area contributed by atoms with Crippen molar-refractivity contribution in [2.24, 2.45) is 5.92 Å². The van der Waals surface area contributed by atoms with Crippen LogP contribution in [0.15, 0.2) is 36.4 Å². The Morgan fingerprint density at radius 2 is 1.64 bits per heavy atom. The van der Waals surface area contributed by atoms with Gasteiger partial charge < -0.3 is 15.4 Å². The largest absolute Gasteiger partial charge is 0.467 e. The molecular formula is C29H33ClN4O4S. The normalized spacial score (nSPS) is 14.4. The van der Waals surface area contributed by atoms with Gasteiger partial charge >= 0.3 is 12.0 Å². The minimum Gasteiger partial charge on any atom is -0.467 e. The molecule has 4 rings (SSSR count). The molecule has 3 N–H and O–H groups in total. The predicted octanol–water partition coefficient (Wildman–Crippen LogP) is 6.88. The minimum absolute atomic E-state index is 0.0169. The van der Waals surface area contributed by atoms with E-state index in [1.54, 1.807) is 24.3 Å². The molecular weight excluding hydrogens is 536 g/mol. The highest BCUT2D eigenvalue weighted by molar-refractivity contribution is 7.19. The zero-order valence-corrected chi connectivity index (χ0v) is 24.1. The lowest BCUT2D eigenvalue weighted by molar-refractivity contribution is -0.144. The number of halogens is 1. The highest BCUT2D eigenvalue weighted by atomic mass is 35.5. The van der Waals surface area contributed by atoms with Crippen LogP contribution in [0.1, 0.15) is 59.3 Å². The van der Waals surface area contributed by atoms with Crippen molar-refractivity contribution in [3.05, 3.63) is 63.8 Å². The Balaban J connectivity index is 1.63. The summed E-state index contributed by atoms with van der Waals surface area (Å²) >= 11 is 7.22. The number of aromatic nitrogens is 1. The third-order valence-corrected chi connectivity index (χ3v) is 8.21. The Hall–Kier alpha value is -3.43. The molecule has 206 valence electrons. The number of carbonyl (C=O) groups excluding carboxylic acids is 3. The Morgan fingerprint density at radius 1 is 1.00 bits per heavy atom. The summed E-state index contributed by atoms with van der Waals surface area (Å²) in [6.45, 7) is 5.86. The number of rotatable bonds is 7. The first-order valence-corrected chi connectivity index (χ1v) is 14.2. The first-order valence-electron chi connectivity index (χ1n) is 13.0. The van der Waals surface area contributed by atoms with E-state index >= 15 is 0 Å². The fourth-order valence-corrected chi connectivity index (χ4v) is 6.16. The second kappa shape index (κ2) is 12.6. The van der Waals surface area contributed by atoms with E-state index in [1.807, 2.05) is 32.9 Å². The molecule has 0 saturated heterocycles. The van der Waals surface area contributed by atoms with Gasteiger partial charge in [-0.2, -0.15) is 0 Å². The van der Waals surface area contributed by atoms with Crippen molar-refractivity contribution in [1.29, 1.82) is 0 Å². The summed E-state index contributed by atoms with van der Waals surface area (Å²) in [6.07, 6.45) is 4.76. The maximum absolute atomic E-state index is 13.6. The molecule has 3 amide bonds. The number of thiazole rings is 1. The van der Waals surface area contributed by atoms with Crippen LogP contribution in [-0.2, 0) is 9.53 Å². The molecule has 3 aromatic rings. The van der Waals surface area contributed by atoms with E-state index in [2.05, 4.69) is 20.9 Å². The maximum atomic E-state index is 13.6. The molecule has 0 aliphatic heterocycles. The number of esters is 1. The van der Waals surface area contributed by atoms with Crippen molar-refractivity contribution in [3.63, 3.8) is 0 Å². The molecule has 1 aliphatic rings. The van der Waals surface area contributed by atoms with Crippen LogP contribution in [0.2, 0.25) is 5.02 Å². The zero-order chi connectivity index (χ0) is 28.1. The van der Waals surface area contributed by atoms with E-state index in [0.717, 1.165) is 54.4 Å². The Labute approximate surface area is 237 Å². The fraction of sp³-hybridized carbons (Fsp3) is 0.379. The van der Waals surface area contributed by atoms with Crippen molar-refractivity contribution in [3.8, 4) is 10.6 Å². The number of nitrogens with zero attached hydrogens (tertiary/aromatic N) is 1. The number of urea groups is 1. The highest BCUT2D eigenvalue weighted by Gasteiger charge is 2.33. The number of methoxy groups -OCH3 is 1. The summed E-state index contributed by atoms with van der Waals surface area (Å²) in [5.74, 6) is -1.05. The summed E-state index contributed by atoms with van der Waals surface area (Å²) in [7, 11) is 1.32. The number of anilines is 2. The molecule has 1 saturated carbocycles. The predicted molar refractivity (Wildman–Crippen MR) is 156 cm³/mol. The van der Waals surface area contributed by atoms with Gasteiger partial charge in [0, 0.05) is 16.3 Å². The smallest absolute Gasteiger partial charge is 0.328 e. The molecule has 10 heteroatoms.